The van der Waals surface area contributed by atoms with Crippen molar-refractivity contribution in [3.63, 3.8) is 0 Å². The molecular weight excluding hydrogens is 172 g/mol. The van der Waals surface area contributed by atoms with Crippen molar-refractivity contribution in [2.75, 3.05) is 0 Å². The lowest BCUT2D eigenvalue weighted by atomic mass is 10.3. The van der Waals surface area contributed by atoms with Crippen LogP contribution < -0.4 is 4.74 Å². The molecule has 0 saturated heterocycles. The normalized spacial score (nSPS) is 10.2. The molecule has 2 rings (SSSR count). The summed E-state index contributed by atoms with van der Waals surface area (Å²) in [5.41, 5.74) is 0.610. The lowest BCUT2D eigenvalue weighted by Gasteiger charge is -1.89. The van der Waals surface area contributed by atoms with Gasteiger partial charge in [0.1, 0.15) is 5.58 Å². The maximum Gasteiger partial charge on any atom is 0.513 e. The highest BCUT2D eigenvalue weighted by atomic mass is 16.7. The molecule has 66 valence electrons. The van der Waals surface area contributed by atoms with Gasteiger partial charge in [0.25, 0.3) is 5.95 Å². The second-order valence-corrected chi connectivity index (χ2v) is 2.47. The summed E-state index contributed by atoms with van der Waals surface area (Å²) in [7, 11) is 0. The van der Waals surface area contributed by atoms with Gasteiger partial charge in [-0.05, 0) is 6.07 Å². The van der Waals surface area contributed by atoms with Crippen LogP contribution in [-0.4, -0.2) is 11.3 Å². The van der Waals surface area contributed by atoms with Crippen LogP contribution in [0.15, 0.2) is 34.7 Å². The molecule has 1 N–H and O–H groups in total. The molecule has 0 aliphatic carbocycles. The summed E-state index contributed by atoms with van der Waals surface area (Å²) in [5, 5.41) is 9.13. The molecular formula is C9H6O4. The van der Waals surface area contributed by atoms with E-state index in [1.165, 1.54) is 6.07 Å². The molecule has 1 aromatic carbocycles. The SMILES string of the molecule is O=C(O)Oc1cc2ccccc2o1. The Morgan fingerprint density at radius 1 is 1.38 bits per heavy atom. The molecule has 1 aromatic heterocycles. The average Bonchev–Trinajstić information content (AvgIpc) is 2.44. The number of para-hydroxylation sites is 1. The average molecular weight is 178 g/mol. The molecule has 4 heteroatoms. The van der Waals surface area contributed by atoms with E-state index in [0.717, 1.165) is 5.39 Å². The summed E-state index contributed by atoms with van der Waals surface area (Å²) in [4.78, 5) is 10.2. The van der Waals surface area contributed by atoms with Crippen LogP contribution in [0.4, 0.5) is 4.79 Å². The maximum atomic E-state index is 10.2. The number of furan rings is 1. The van der Waals surface area contributed by atoms with E-state index < -0.39 is 6.16 Å². The molecule has 0 spiro atoms. The first kappa shape index (κ1) is 7.67. The third-order valence-electron chi connectivity index (χ3n) is 1.59. The van der Waals surface area contributed by atoms with Gasteiger partial charge in [-0.25, -0.2) is 4.79 Å². The Labute approximate surface area is 73.3 Å². The molecule has 0 fully saturated rings. The van der Waals surface area contributed by atoms with E-state index in [2.05, 4.69) is 4.74 Å². The Bertz CT molecular complexity index is 411. The molecule has 0 aliphatic rings. The van der Waals surface area contributed by atoms with Crippen LogP contribution in [0.25, 0.3) is 11.0 Å². The summed E-state index contributed by atoms with van der Waals surface area (Å²) in [6.45, 7) is 0. The number of benzene rings is 1. The van der Waals surface area contributed by atoms with E-state index in [9.17, 15) is 4.79 Å². The molecule has 1 heterocycles. The van der Waals surface area contributed by atoms with E-state index in [-0.39, 0.29) is 5.95 Å². The zero-order valence-electron chi connectivity index (χ0n) is 6.56. The fourth-order valence-corrected chi connectivity index (χ4v) is 1.09. The topological polar surface area (TPSA) is 59.7 Å². The van der Waals surface area contributed by atoms with E-state index in [1.54, 1.807) is 12.1 Å². The first-order valence-electron chi connectivity index (χ1n) is 3.65. The molecule has 0 amide bonds. The van der Waals surface area contributed by atoms with Crippen molar-refractivity contribution in [3.05, 3.63) is 30.3 Å². The van der Waals surface area contributed by atoms with Crippen molar-refractivity contribution in [2.24, 2.45) is 0 Å². The largest absolute Gasteiger partial charge is 0.513 e. The van der Waals surface area contributed by atoms with Gasteiger partial charge < -0.3 is 14.3 Å². The van der Waals surface area contributed by atoms with Crippen molar-refractivity contribution < 1.29 is 19.1 Å². The van der Waals surface area contributed by atoms with Gasteiger partial charge in [0.05, 0.1) is 0 Å². The Morgan fingerprint density at radius 3 is 2.85 bits per heavy atom. The molecule has 0 saturated carbocycles. The third-order valence-corrected chi connectivity index (χ3v) is 1.59. The van der Waals surface area contributed by atoms with E-state index in [4.69, 9.17) is 9.52 Å². The van der Waals surface area contributed by atoms with Crippen molar-refractivity contribution in [3.8, 4) is 5.95 Å². The molecule has 0 radical (unpaired) electrons. The number of carboxylic acid groups (broad SMARTS) is 1. The molecule has 2 aromatic rings. The number of rotatable bonds is 1. The zero-order valence-corrected chi connectivity index (χ0v) is 6.56. The summed E-state index contributed by atoms with van der Waals surface area (Å²) in [6, 6.07) is 8.72. The predicted octanol–water partition coefficient (Wildman–Crippen LogP) is 2.49. The minimum Gasteiger partial charge on any atom is -0.449 e. The zero-order chi connectivity index (χ0) is 9.26. The van der Waals surface area contributed by atoms with Crippen LogP contribution in [0.2, 0.25) is 0 Å². The lowest BCUT2D eigenvalue weighted by Crippen LogP contribution is -2.01. The second kappa shape index (κ2) is 2.82. The highest BCUT2D eigenvalue weighted by Gasteiger charge is 2.06. The molecule has 4 nitrogen and oxygen atoms in total. The minimum atomic E-state index is -1.38. The van der Waals surface area contributed by atoms with Crippen molar-refractivity contribution in [2.45, 2.75) is 0 Å². The lowest BCUT2D eigenvalue weighted by molar-refractivity contribution is 0.134. The van der Waals surface area contributed by atoms with E-state index >= 15 is 0 Å². The Kier molecular flexibility index (Phi) is 1.66. The first-order valence-corrected chi connectivity index (χ1v) is 3.65. The van der Waals surface area contributed by atoms with Gasteiger partial charge in [0, 0.05) is 11.5 Å². The number of hydrogen-bond donors (Lipinski definition) is 1. The number of fused-ring (bicyclic) bond motifs is 1. The van der Waals surface area contributed by atoms with Gasteiger partial charge in [-0.3, -0.25) is 0 Å². The molecule has 0 aliphatic heterocycles. The fraction of sp³-hybridized carbons (Fsp3) is 0. The van der Waals surface area contributed by atoms with Gasteiger partial charge >= 0.3 is 6.16 Å². The second-order valence-electron chi connectivity index (χ2n) is 2.47. The number of ether oxygens (including phenoxy) is 1. The Hall–Kier alpha value is -1.97. The van der Waals surface area contributed by atoms with Gasteiger partial charge in [0.15, 0.2) is 0 Å². The van der Waals surface area contributed by atoms with Crippen LogP contribution in [0.3, 0.4) is 0 Å². The van der Waals surface area contributed by atoms with Crippen LogP contribution >= 0.6 is 0 Å². The molecule has 13 heavy (non-hydrogen) atoms. The van der Waals surface area contributed by atoms with Crippen LogP contribution in [0.1, 0.15) is 0 Å². The van der Waals surface area contributed by atoms with Crippen molar-refractivity contribution >= 4 is 17.1 Å². The smallest absolute Gasteiger partial charge is 0.449 e. The van der Waals surface area contributed by atoms with Gasteiger partial charge in [-0.2, -0.15) is 0 Å². The number of hydrogen-bond acceptors (Lipinski definition) is 3. The van der Waals surface area contributed by atoms with Gasteiger partial charge in [-0.15, -0.1) is 0 Å². The predicted molar refractivity (Wildman–Crippen MR) is 44.9 cm³/mol. The summed E-state index contributed by atoms with van der Waals surface area (Å²) >= 11 is 0. The third kappa shape index (κ3) is 1.46. The Morgan fingerprint density at radius 2 is 2.15 bits per heavy atom. The van der Waals surface area contributed by atoms with Crippen LogP contribution in [0, 0.1) is 0 Å². The summed E-state index contributed by atoms with van der Waals surface area (Å²) < 4.78 is 9.42. The quantitative estimate of drug-likeness (QED) is 0.681. The van der Waals surface area contributed by atoms with E-state index in [0.29, 0.717) is 5.58 Å². The van der Waals surface area contributed by atoms with Crippen LogP contribution in [0.5, 0.6) is 5.95 Å². The van der Waals surface area contributed by atoms with Crippen LogP contribution in [-0.2, 0) is 0 Å². The molecule has 0 atom stereocenters. The van der Waals surface area contributed by atoms with Crippen molar-refractivity contribution in [1.82, 2.24) is 0 Å². The standard InChI is InChI=1S/C9H6O4/c10-9(11)13-8-5-6-3-1-2-4-7(6)12-8/h1-5H,(H,10,11). The van der Waals surface area contributed by atoms with Crippen molar-refractivity contribution in [1.29, 1.82) is 0 Å². The summed E-state index contributed by atoms with van der Waals surface area (Å²) in [5.74, 6) is -0.00583. The minimum absolute atomic E-state index is 0.00583. The van der Waals surface area contributed by atoms with Gasteiger partial charge in [-0.1, -0.05) is 18.2 Å². The highest BCUT2D eigenvalue weighted by molar-refractivity contribution is 5.79. The fourth-order valence-electron chi connectivity index (χ4n) is 1.09. The Balaban J connectivity index is 2.44. The van der Waals surface area contributed by atoms with Gasteiger partial charge in [0.2, 0.25) is 0 Å². The monoisotopic (exact) mass is 178 g/mol. The molecule has 0 unspecified atom stereocenters. The van der Waals surface area contributed by atoms with E-state index in [1.807, 2.05) is 12.1 Å². The molecule has 0 bridgehead atoms. The first-order chi connectivity index (χ1) is 6.25. The highest BCUT2D eigenvalue weighted by Crippen LogP contribution is 2.24. The maximum absolute atomic E-state index is 10.2. The number of carbonyl (C=O) groups is 1. The summed E-state index contributed by atoms with van der Waals surface area (Å²) in [6.07, 6.45) is -1.38.